The summed E-state index contributed by atoms with van der Waals surface area (Å²) in [5.74, 6) is 0. The molecule has 4 nitrogen and oxygen atoms in total. The lowest BCUT2D eigenvalue weighted by molar-refractivity contribution is 0.530. The summed E-state index contributed by atoms with van der Waals surface area (Å²) in [7, 11) is 0. The van der Waals surface area contributed by atoms with Crippen molar-refractivity contribution in [2.24, 2.45) is 0 Å². The third kappa shape index (κ3) is 7.48. The van der Waals surface area contributed by atoms with Gasteiger partial charge in [-0.2, -0.15) is 0 Å². The maximum Gasteiger partial charge on any atom is 0.0650 e. The molecule has 4 rings (SSSR count). The summed E-state index contributed by atoms with van der Waals surface area (Å²) in [6.07, 6.45) is 8.62. The van der Waals surface area contributed by atoms with E-state index in [1.54, 1.807) is 0 Å². The quantitative estimate of drug-likeness (QED) is 0.202. The lowest BCUT2D eigenvalue weighted by Gasteiger charge is -2.26. The summed E-state index contributed by atoms with van der Waals surface area (Å²) in [5, 5.41) is 0. The van der Waals surface area contributed by atoms with Crippen molar-refractivity contribution in [2.75, 3.05) is 10.9 Å². The molecule has 4 N–H and O–H groups in total. The first-order valence-corrected chi connectivity index (χ1v) is 11.5. The van der Waals surface area contributed by atoms with Gasteiger partial charge in [-0.05, 0) is 35.4 Å². The Morgan fingerprint density at radius 3 is 1.09 bits per heavy atom. The summed E-state index contributed by atoms with van der Waals surface area (Å²) in [6.45, 7) is 0. The van der Waals surface area contributed by atoms with Crippen LogP contribution in [0.4, 0.5) is 11.4 Å². The van der Waals surface area contributed by atoms with Crippen LogP contribution in [0.15, 0.2) is 133 Å². The van der Waals surface area contributed by atoms with E-state index in [1.165, 1.54) is 0 Å². The molecule has 170 valence electrons. The highest BCUT2D eigenvalue weighted by atomic mass is 15.4. The van der Waals surface area contributed by atoms with Gasteiger partial charge in [-0.15, -0.1) is 0 Å². The van der Waals surface area contributed by atoms with Crippen molar-refractivity contribution in [3.63, 3.8) is 0 Å². The molecule has 0 bridgehead atoms. The van der Waals surface area contributed by atoms with Gasteiger partial charge in [0.2, 0.25) is 0 Å². The van der Waals surface area contributed by atoms with Crippen molar-refractivity contribution >= 4 is 23.5 Å². The molecule has 0 spiro atoms. The van der Waals surface area contributed by atoms with E-state index in [1.807, 2.05) is 97.1 Å². The van der Waals surface area contributed by atoms with E-state index in [0.717, 1.165) is 22.5 Å². The molecular formula is C30H30N4. The van der Waals surface area contributed by atoms with Gasteiger partial charge in [-0.25, -0.2) is 10.9 Å². The van der Waals surface area contributed by atoms with E-state index >= 15 is 0 Å². The third-order valence-electron chi connectivity index (χ3n) is 5.29. The van der Waals surface area contributed by atoms with Gasteiger partial charge in [0, 0.05) is 11.4 Å². The number of anilines is 2. The van der Waals surface area contributed by atoms with Gasteiger partial charge >= 0.3 is 0 Å². The number of nitrogens with one attached hydrogen (secondary N) is 4. The van der Waals surface area contributed by atoms with Crippen molar-refractivity contribution in [1.29, 1.82) is 0 Å². The molecule has 0 amide bonds. The maximum atomic E-state index is 3.49. The average molecular weight is 447 g/mol. The van der Waals surface area contributed by atoms with Gasteiger partial charge in [-0.1, -0.05) is 121 Å². The van der Waals surface area contributed by atoms with Crippen molar-refractivity contribution < 1.29 is 0 Å². The minimum Gasteiger partial charge on any atom is -0.321 e. The van der Waals surface area contributed by atoms with Crippen LogP contribution in [0.1, 0.15) is 11.1 Å². The summed E-state index contributed by atoms with van der Waals surface area (Å²) in [5.41, 5.74) is 18.0. The zero-order chi connectivity index (χ0) is 23.3. The Kier molecular flexibility index (Phi) is 8.68. The predicted molar refractivity (Wildman–Crippen MR) is 145 cm³/mol. The monoisotopic (exact) mass is 446 g/mol. The number of hydrogen-bond donors (Lipinski definition) is 4. The molecule has 0 aromatic heterocycles. The van der Waals surface area contributed by atoms with E-state index in [4.69, 9.17) is 0 Å². The Morgan fingerprint density at radius 1 is 0.412 bits per heavy atom. The number of para-hydroxylation sites is 2. The first-order valence-electron chi connectivity index (χ1n) is 11.5. The van der Waals surface area contributed by atoms with E-state index in [2.05, 4.69) is 70.3 Å². The van der Waals surface area contributed by atoms with Crippen molar-refractivity contribution in [1.82, 2.24) is 10.9 Å². The second-order valence-corrected chi connectivity index (χ2v) is 7.86. The van der Waals surface area contributed by atoms with Gasteiger partial charge in [-0.3, -0.25) is 0 Å². The average Bonchev–Trinajstić information content (AvgIpc) is 2.91. The smallest absolute Gasteiger partial charge is 0.0650 e. The van der Waals surface area contributed by atoms with E-state index in [9.17, 15) is 0 Å². The molecule has 0 radical (unpaired) electrons. The normalized spacial score (nSPS) is 13.1. The molecule has 4 aromatic carbocycles. The largest absolute Gasteiger partial charge is 0.321 e. The van der Waals surface area contributed by atoms with Crippen LogP contribution >= 0.6 is 0 Å². The SMILES string of the molecule is C(=C\C(NNc1ccccc1)C(/C=C/c1ccccc1)NNc1ccccc1)/c1ccccc1. The van der Waals surface area contributed by atoms with Crippen LogP contribution in [-0.2, 0) is 0 Å². The number of benzene rings is 4. The highest BCUT2D eigenvalue weighted by Gasteiger charge is 2.16. The molecule has 0 aliphatic rings. The fourth-order valence-corrected chi connectivity index (χ4v) is 3.45. The molecule has 0 aliphatic carbocycles. The number of hydrogen-bond acceptors (Lipinski definition) is 4. The van der Waals surface area contributed by atoms with Gasteiger partial charge in [0.25, 0.3) is 0 Å². The second kappa shape index (κ2) is 12.8. The number of rotatable bonds is 11. The lowest BCUT2D eigenvalue weighted by atomic mass is 10.1. The van der Waals surface area contributed by atoms with Gasteiger partial charge < -0.3 is 10.9 Å². The minimum absolute atomic E-state index is 0.0726. The van der Waals surface area contributed by atoms with Crippen LogP contribution < -0.4 is 21.7 Å². The molecular weight excluding hydrogens is 416 g/mol. The zero-order valence-electron chi connectivity index (χ0n) is 19.0. The highest BCUT2D eigenvalue weighted by Crippen LogP contribution is 2.11. The Balaban J connectivity index is 1.58. The van der Waals surface area contributed by atoms with E-state index in [0.29, 0.717) is 0 Å². The Morgan fingerprint density at radius 2 is 0.735 bits per heavy atom. The van der Waals surface area contributed by atoms with Crippen LogP contribution in [-0.4, -0.2) is 12.1 Å². The van der Waals surface area contributed by atoms with E-state index < -0.39 is 0 Å². The molecule has 2 atom stereocenters. The van der Waals surface area contributed by atoms with Gasteiger partial charge in [0.15, 0.2) is 0 Å². The zero-order valence-corrected chi connectivity index (χ0v) is 19.0. The lowest BCUT2D eigenvalue weighted by Crippen LogP contribution is -2.49. The molecule has 0 saturated carbocycles. The fourth-order valence-electron chi connectivity index (χ4n) is 3.45. The van der Waals surface area contributed by atoms with Gasteiger partial charge in [0.05, 0.1) is 12.1 Å². The van der Waals surface area contributed by atoms with Crippen LogP contribution in [0, 0.1) is 0 Å². The van der Waals surface area contributed by atoms with Gasteiger partial charge in [0.1, 0.15) is 0 Å². The Bertz CT molecular complexity index is 1050. The molecule has 0 heterocycles. The Hall–Kier alpha value is -4.12. The minimum atomic E-state index is -0.0726. The van der Waals surface area contributed by atoms with Crippen LogP contribution in [0.3, 0.4) is 0 Å². The summed E-state index contributed by atoms with van der Waals surface area (Å²) in [4.78, 5) is 0. The molecule has 0 fully saturated rings. The van der Waals surface area contributed by atoms with Crippen molar-refractivity contribution in [2.45, 2.75) is 12.1 Å². The van der Waals surface area contributed by atoms with Crippen LogP contribution in [0.25, 0.3) is 12.2 Å². The first kappa shape index (κ1) is 23.1. The molecule has 0 aliphatic heterocycles. The molecule has 4 heteroatoms. The fraction of sp³-hybridized carbons (Fsp3) is 0.0667. The first-order chi connectivity index (χ1) is 16.9. The summed E-state index contributed by atoms with van der Waals surface area (Å²) >= 11 is 0. The number of hydrazine groups is 2. The topological polar surface area (TPSA) is 48.1 Å². The predicted octanol–water partition coefficient (Wildman–Crippen LogP) is 6.38. The van der Waals surface area contributed by atoms with E-state index in [-0.39, 0.29) is 12.1 Å². The summed E-state index contributed by atoms with van der Waals surface area (Å²) < 4.78 is 0. The summed E-state index contributed by atoms with van der Waals surface area (Å²) in [6, 6.07) is 40.7. The highest BCUT2D eigenvalue weighted by molar-refractivity contribution is 5.53. The van der Waals surface area contributed by atoms with Crippen LogP contribution in [0.2, 0.25) is 0 Å². The van der Waals surface area contributed by atoms with Crippen molar-refractivity contribution in [3.05, 3.63) is 145 Å². The van der Waals surface area contributed by atoms with Crippen LogP contribution in [0.5, 0.6) is 0 Å². The standard InChI is InChI=1S/C30H30N4/c1-5-13-25(14-6-1)21-23-29(33-31-27-17-9-3-10-18-27)30(24-22-26-15-7-2-8-16-26)34-32-28-19-11-4-12-20-28/h1-24,29-34H/b23-21+,24-22+. The Labute approximate surface area is 202 Å². The maximum absolute atomic E-state index is 3.49. The van der Waals surface area contributed by atoms with Crippen molar-refractivity contribution in [3.8, 4) is 0 Å². The molecule has 0 saturated heterocycles. The molecule has 2 unspecified atom stereocenters. The molecule has 34 heavy (non-hydrogen) atoms. The molecule has 4 aromatic rings. The second-order valence-electron chi connectivity index (χ2n) is 7.86. The third-order valence-corrected chi connectivity index (χ3v) is 5.29.